The van der Waals surface area contributed by atoms with Gasteiger partial charge in [-0.05, 0) is 43.2 Å². The van der Waals surface area contributed by atoms with E-state index in [1.165, 1.54) is 47.1 Å². The number of hydrogen-bond acceptors (Lipinski definition) is 8. The predicted molar refractivity (Wildman–Crippen MR) is 130 cm³/mol. The molecule has 1 unspecified atom stereocenters. The van der Waals surface area contributed by atoms with E-state index in [1.54, 1.807) is 6.07 Å². The topological polar surface area (TPSA) is 86.1 Å². The summed E-state index contributed by atoms with van der Waals surface area (Å²) >= 11 is 4.54. The van der Waals surface area contributed by atoms with Crippen molar-refractivity contribution in [2.75, 3.05) is 18.2 Å². The molecule has 1 atom stereocenters. The molecule has 3 aromatic heterocycles. The van der Waals surface area contributed by atoms with E-state index in [9.17, 15) is 9.59 Å². The van der Waals surface area contributed by atoms with Crippen LogP contribution in [0.3, 0.4) is 0 Å². The normalized spacial score (nSPS) is 15.4. The lowest BCUT2D eigenvalue weighted by Crippen LogP contribution is -2.16. The monoisotopic (exact) mass is 490 g/mol. The number of thiophene rings is 2. The molecule has 1 N–H and O–H groups in total. The molecule has 170 valence electrons. The number of esters is 1. The molecular formula is C22H26N4O3S3. The fourth-order valence-corrected chi connectivity index (χ4v) is 6.76. The van der Waals surface area contributed by atoms with Gasteiger partial charge >= 0.3 is 5.97 Å². The van der Waals surface area contributed by atoms with Crippen LogP contribution in [0.1, 0.15) is 45.9 Å². The zero-order chi connectivity index (χ0) is 22.8. The Morgan fingerprint density at radius 2 is 2.19 bits per heavy atom. The number of thioether (sulfide) groups is 1. The number of hydrogen-bond donors (Lipinski definition) is 1. The number of nitrogens with zero attached hydrogens (tertiary/aromatic N) is 3. The van der Waals surface area contributed by atoms with Crippen LogP contribution >= 0.6 is 34.4 Å². The van der Waals surface area contributed by atoms with E-state index in [0.29, 0.717) is 15.7 Å². The first-order valence-corrected chi connectivity index (χ1v) is 13.2. The summed E-state index contributed by atoms with van der Waals surface area (Å²) < 4.78 is 6.79. The number of amides is 1. The quantitative estimate of drug-likeness (QED) is 0.378. The van der Waals surface area contributed by atoms with Gasteiger partial charge in [0.15, 0.2) is 11.0 Å². The number of fused-ring (bicyclic) bond motifs is 1. The Bertz CT molecular complexity index is 1150. The van der Waals surface area contributed by atoms with Crippen molar-refractivity contribution in [1.82, 2.24) is 14.8 Å². The zero-order valence-corrected chi connectivity index (χ0v) is 21.0. The molecular weight excluding hydrogens is 464 g/mol. The SMILES string of the molecule is CCc1cc(C(=O)OC)c(NC(=O)CSc2nnc(-c3csc4c3CCC(C)C4)n2C)s1. The first kappa shape index (κ1) is 23.0. The number of rotatable bonds is 7. The van der Waals surface area contributed by atoms with Crippen molar-refractivity contribution in [3.63, 3.8) is 0 Å². The molecule has 7 nitrogen and oxygen atoms in total. The highest BCUT2D eigenvalue weighted by molar-refractivity contribution is 7.99. The number of ether oxygens (including phenoxy) is 1. The Balaban J connectivity index is 1.44. The molecule has 0 radical (unpaired) electrons. The van der Waals surface area contributed by atoms with Crippen LogP contribution in [0.15, 0.2) is 16.6 Å². The second-order valence-corrected chi connectivity index (χ2v) is 10.9. The second kappa shape index (κ2) is 9.76. The van der Waals surface area contributed by atoms with Gasteiger partial charge in [0.25, 0.3) is 0 Å². The minimum Gasteiger partial charge on any atom is -0.465 e. The first-order chi connectivity index (χ1) is 15.4. The van der Waals surface area contributed by atoms with Crippen LogP contribution in [0.5, 0.6) is 0 Å². The van der Waals surface area contributed by atoms with Crippen molar-refractivity contribution in [3.05, 3.63) is 32.3 Å². The summed E-state index contributed by atoms with van der Waals surface area (Å²) in [6.07, 6.45) is 4.20. The second-order valence-electron chi connectivity index (χ2n) is 7.90. The summed E-state index contributed by atoms with van der Waals surface area (Å²) in [5, 5.41) is 15.0. The third kappa shape index (κ3) is 4.62. The lowest BCUT2D eigenvalue weighted by molar-refractivity contribution is -0.113. The van der Waals surface area contributed by atoms with Crippen molar-refractivity contribution >= 4 is 51.3 Å². The number of aryl methyl sites for hydroxylation is 1. The summed E-state index contributed by atoms with van der Waals surface area (Å²) in [4.78, 5) is 27.1. The van der Waals surface area contributed by atoms with Gasteiger partial charge in [0.1, 0.15) is 5.00 Å². The van der Waals surface area contributed by atoms with Gasteiger partial charge < -0.3 is 14.6 Å². The van der Waals surface area contributed by atoms with Gasteiger partial charge in [-0.1, -0.05) is 25.6 Å². The Kier molecular flexibility index (Phi) is 7.02. The largest absolute Gasteiger partial charge is 0.465 e. The molecule has 0 saturated heterocycles. The lowest BCUT2D eigenvalue weighted by atomic mass is 9.88. The van der Waals surface area contributed by atoms with Gasteiger partial charge in [0, 0.05) is 27.7 Å². The summed E-state index contributed by atoms with van der Waals surface area (Å²) in [6.45, 7) is 4.31. The summed E-state index contributed by atoms with van der Waals surface area (Å²) in [7, 11) is 3.27. The molecule has 10 heteroatoms. The average molecular weight is 491 g/mol. The summed E-state index contributed by atoms with van der Waals surface area (Å²) in [5.41, 5.74) is 2.96. The van der Waals surface area contributed by atoms with Crippen LogP contribution in [0, 0.1) is 5.92 Å². The molecule has 0 spiro atoms. The van der Waals surface area contributed by atoms with E-state index < -0.39 is 5.97 Å². The van der Waals surface area contributed by atoms with Gasteiger partial charge in [-0.25, -0.2) is 4.79 Å². The number of methoxy groups -OCH3 is 1. The minimum atomic E-state index is -0.449. The number of anilines is 1. The zero-order valence-electron chi connectivity index (χ0n) is 18.6. The lowest BCUT2D eigenvalue weighted by Gasteiger charge is -2.18. The third-order valence-corrected chi connectivity index (χ3v) is 8.87. The van der Waals surface area contributed by atoms with Crippen LogP contribution in [0.4, 0.5) is 5.00 Å². The maximum absolute atomic E-state index is 12.6. The Morgan fingerprint density at radius 3 is 2.94 bits per heavy atom. The molecule has 0 bridgehead atoms. The highest BCUT2D eigenvalue weighted by atomic mass is 32.2. The van der Waals surface area contributed by atoms with Crippen molar-refractivity contribution in [1.29, 1.82) is 0 Å². The van der Waals surface area contributed by atoms with E-state index >= 15 is 0 Å². The maximum Gasteiger partial charge on any atom is 0.340 e. The number of aromatic nitrogens is 3. The van der Waals surface area contributed by atoms with Crippen molar-refractivity contribution in [2.24, 2.45) is 13.0 Å². The van der Waals surface area contributed by atoms with Crippen molar-refractivity contribution < 1.29 is 14.3 Å². The van der Waals surface area contributed by atoms with Crippen LogP contribution < -0.4 is 5.32 Å². The molecule has 0 aromatic carbocycles. The predicted octanol–water partition coefficient (Wildman–Crippen LogP) is 4.81. The molecule has 1 amide bonds. The van der Waals surface area contributed by atoms with E-state index in [4.69, 9.17) is 4.74 Å². The fourth-order valence-electron chi connectivity index (χ4n) is 3.80. The highest BCUT2D eigenvalue weighted by Gasteiger charge is 2.24. The Morgan fingerprint density at radius 1 is 1.38 bits per heavy atom. The van der Waals surface area contributed by atoms with Gasteiger partial charge in [-0.3, -0.25) is 4.79 Å². The molecule has 0 fully saturated rings. The van der Waals surface area contributed by atoms with Crippen molar-refractivity contribution in [2.45, 2.75) is 44.7 Å². The maximum atomic E-state index is 12.6. The highest BCUT2D eigenvalue weighted by Crippen LogP contribution is 2.38. The minimum absolute atomic E-state index is 0.172. The van der Waals surface area contributed by atoms with Gasteiger partial charge in [-0.15, -0.1) is 32.9 Å². The Labute approximate surface area is 199 Å². The smallest absolute Gasteiger partial charge is 0.340 e. The Hall–Kier alpha value is -2.17. The number of nitrogens with one attached hydrogen (secondary N) is 1. The molecule has 1 aliphatic carbocycles. The van der Waals surface area contributed by atoms with E-state index in [-0.39, 0.29) is 11.7 Å². The van der Waals surface area contributed by atoms with E-state index in [0.717, 1.165) is 41.4 Å². The van der Waals surface area contributed by atoms with Gasteiger partial charge in [0.05, 0.1) is 18.4 Å². The van der Waals surface area contributed by atoms with Gasteiger partial charge in [0.2, 0.25) is 5.91 Å². The van der Waals surface area contributed by atoms with Crippen LogP contribution in [-0.4, -0.2) is 39.5 Å². The number of carbonyl (C=O) groups is 2. The molecule has 32 heavy (non-hydrogen) atoms. The number of carbonyl (C=O) groups excluding carboxylic acids is 2. The standard InChI is InChI=1S/C22H26N4O3S3/c1-5-13-9-15(21(28)29-4)20(32-13)23-18(27)11-31-22-25-24-19(26(22)3)16-10-30-17-8-12(2)6-7-14(16)17/h9-10,12H,5-8,11H2,1-4H3,(H,23,27). The first-order valence-electron chi connectivity index (χ1n) is 10.5. The van der Waals surface area contributed by atoms with Crippen molar-refractivity contribution in [3.8, 4) is 11.4 Å². The average Bonchev–Trinajstić information content (AvgIpc) is 3.48. The summed E-state index contributed by atoms with van der Waals surface area (Å²) in [6, 6.07) is 1.77. The van der Waals surface area contributed by atoms with Crippen LogP contribution in [0.2, 0.25) is 0 Å². The molecule has 0 saturated carbocycles. The third-order valence-electron chi connectivity index (χ3n) is 5.60. The molecule has 3 heterocycles. The molecule has 1 aliphatic rings. The molecule has 3 aromatic rings. The molecule has 4 rings (SSSR count). The van der Waals surface area contributed by atoms with Crippen LogP contribution in [0.25, 0.3) is 11.4 Å². The van der Waals surface area contributed by atoms with Gasteiger partial charge in [-0.2, -0.15) is 0 Å². The molecule has 0 aliphatic heterocycles. The van der Waals surface area contributed by atoms with E-state index in [1.807, 2.05) is 29.9 Å². The summed E-state index contributed by atoms with van der Waals surface area (Å²) in [5.74, 6) is 1.10. The fraction of sp³-hybridized carbons (Fsp3) is 0.455. The van der Waals surface area contributed by atoms with E-state index in [2.05, 4.69) is 27.8 Å². The van der Waals surface area contributed by atoms with Crippen LogP contribution in [-0.2, 0) is 35.8 Å².